The Hall–Kier alpha value is -1.76. The normalized spacial score (nSPS) is 17.3. The minimum absolute atomic E-state index is 0.139. The van der Waals surface area contributed by atoms with Crippen LogP contribution in [-0.4, -0.2) is 42.3 Å². The lowest BCUT2D eigenvalue weighted by molar-refractivity contribution is -0.150. The van der Waals surface area contributed by atoms with E-state index < -0.39 is 23.7 Å². The summed E-state index contributed by atoms with van der Waals surface area (Å²) < 4.78 is 16.7. The molecule has 0 unspecified atom stereocenters. The predicted octanol–water partition coefficient (Wildman–Crippen LogP) is 3.90. The Morgan fingerprint density at radius 3 is 2.64 bits per heavy atom. The van der Waals surface area contributed by atoms with E-state index in [9.17, 15) is 9.59 Å². The average Bonchev–Trinajstić information content (AvgIpc) is 3.01. The van der Waals surface area contributed by atoms with Crippen molar-refractivity contribution >= 4 is 28.0 Å². The molecule has 1 saturated heterocycles. The van der Waals surface area contributed by atoms with Crippen LogP contribution in [0.2, 0.25) is 0 Å². The Balaban J connectivity index is 1.95. The first-order valence-corrected chi connectivity index (χ1v) is 8.99. The molecule has 1 aliphatic heterocycles. The molecule has 0 bridgehead atoms. The summed E-state index contributed by atoms with van der Waals surface area (Å²) in [5, 5.41) is 0. The molecule has 0 radical (unpaired) electrons. The van der Waals surface area contributed by atoms with Crippen molar-refractivity contribution < 1.29 is 23.8 Å². The maximum Gasteiger partial charge on any atom is 0.411 e. The molecule has 0 saturated carbocycles. The number of halogens is 1. The summed E-state index contributed by atoms with van der Waals surface area (Å²) in [6.45, 7) is 6.05. The molecule has 1 aliphatic rings. The second-order valence-corrected chi connectivity index (χ2v) is 7.76. The summed E-state index contributed by atoms with van der Waals surface area (Å²) in [4.78, 5) is 26.1. The van der Waals surface area contributed by atoms with Crippen molar-refractivity contribution in [1.29, 1.82) is 0 Å². The molecule has 1 atom stereocenters. The van der Waals surface area contributed by atoms with E-state index in [-0.39, 0.29) is 6.61 Å². The number of nitrogens with zero attached hydrogens (tertiary/aromatic N) is 1. The van der Waals surface area contributed by atoms with Gasteiger partial charge in [0, 0.05) is 6.54 Å². The third kappa shape index (κ3) is 5.36. The van der Waals surface area contributed by atoms with E-state index in [0.717, 1.165) is 16.5 Å². The number of likely N-dealkylation sites (tertiary alicyclic amines) is 1. The van der Waals surface area contributed by atoms with Gasteiger partial charge < -0.3 is 14.2 Å². The van der Waals surface area contributed by atoms with E-state index in [0.29, 0.717) is 18.7 Å². The topological polar surface area (TPSA) is 65.1 Å². The summed E-state index contributed by atoms with van der Waals surface area (Å²) in [5.74, 6) is 0.303. The van der Waals surface area contributed by atoms with Crippen molar-refractivity contribution in [2.75, 3.05) is 13.7 Å². The third-order valence-corrected chi connectivity index (χ3v) is 4.37. The van der Waals surface area contributed by atoms with Gasteiger partial charge in [0.2, 0.25) is 0 Å². The maximum atomic E-state index is 12.4. The number of hydrogen-bond donors (Lipinski definition) is 0. The number of carbonyl (C=O) groups is 2. The predicted molar refractivity (Wildman–Crippen MR) is 96.5 cm³/mol. The van der Waals surface area contributed by atoms with Gasteiger partial charge in [-0.3, -0.25) is 4.90 Å². The zero-order chi connectivity index (χ0) is 18.6. The molecule has 1 fully saturated rings. The minimum atomic E-state index is -0.594. The van der Waals surface area contributed by atoms with Gasteiger partial charge >= 0.3 is 12.1 Å². The third-order valence-electron chi connectivity index (χ3n) is 3.75. The Bertz CT molecular complexity index is 641. The fourth-order valence-corrected chi connectivity index (χ4v) is 3.19. The number of methoxy groups -OCH3 is 1. The van der Waals surface area contributed by atoms with E-state index in [2.05, 4.69) is 15.9 Å². The van der Waals surface area contributed by atoms with Crippen LogP contribution in [0.5, 0.6) is 5.75 Å². The van der Waals surface area contributed by atoms with Crippen molar-refractivity contribution in [1.82, 2.24) is 4.90 Å². The zero-order valence-corrected chi connectivity index (χ0v) is 16.6. The molecule has 25 heavy (non-hydrogen) atoms. The second kappa shape index (κ2) is 8.08. The Morgan fingerprint density at radius 1 is 1.32 bits per heavy atom. The van der Waals surface area contributed by atoms with E-state index in [4.69, 9.17) is 14.2 Å². The quantitative estimate of drug-likeness (QED) is 0.700. The van der Waals surface area contributed by atoms with Crippen molar-refractivity contribution in [3.63, 3.8) is 0 Å². The van der Waals surface area contributed by atoms with Crippen LogP contribution in [-0.2, 0) is 20.9 Å². The fourth-order valence-electron chi connectivity index (χ4n) is 2.60. The van der Waals surface area contributed by atoms with Gasteiger partial charge in [-0.2, -0.15) is 0 Å². The molecule has 0 N–H and O–H groups in total. The molecule has 1 amide bonds. The maximum absolute atomic E-state index is 12.4. The lowest BCUT2D eigenvalue weighted by Gasteiger charge is -2.27. The molecule has 2 rings (SSSR count). The molecule has 7 heteroatoms. The summed E-state index contributed by atoms with van der Waals surface area (Å²) in [6.07, 6.45) is 0.872. The highest BCUT2D eigenvalue weighted by Crippen LogP contribution is 2.26. The molecule has 1 heterocycles. The molecular formula is C18H24BrNO5. The highest BCUT2D eigenvalue weighted by atomic mass is 79.9. The van der Waals surface area contributed by atoms with Crippen molar-refractivity contribution in [2.24, 2.45) is 0 Å². The van der Waals surface area contributed by atoms with Crippen LogP contribution >= 0.6 is 15.9 Å². The van der Waals surface area contributed by atoms with Gasteiger partial charge in [-0.1, -0.05) is 6.07 Å². The standard InChI is InChI=1S/C18H24BrNO5/c1-18(2,3)25-17(22)20-9-5-6-14(20)16(21)24-11-12-7-8-15(23-4)13(19)10-12/h7-8,10,14H,5-6,9,11H2,1-4H3/t14-/m0/s1. The molecular weight excluding hydrogens is 390 g/mol. The van der Waals surface area contributed by atoms with Crippen LogP contribution in [0.1, 0.15) is 39.2 Å². The molecule has 0 spiro atoms. The minimum Gasteiger partial charge on any atom is -0.496 e. The van der Waals surface area contributed by atoms with Crippen LogP contribution in [0, 0.1) is 0 Å². The van der Waals surface area contributed by atoms with E-state index in [1.165, 1.54) is 4.90 Å². The van der Waals surface area contributed by atoms with Crippen molar-refractivity contribution in [3.05, 3.63) is 28.2 Å². The van der Waals surface area contributed by atoms with Crippen LogP contribution in [0.4, 0.5) is 4.79 Å². The van der Waals surface area contributed by atoms with Gasteiger partial charge in [-0.15, -0.1) is 0 Å². The summed E-state index contributed by atoms with van der Waals surface area (Å²) in [7, 11) is 1.59. The van der Waals surface area contributed by atoms with Gasteiger partial charge in [0.25, 0.3) is 0 Å². The van der Waals surface area contributed by atoms with Crippen molar-refractivity contribution in [2.45, 2.75) is 51.9 Å². The van der Waals surface area contributed by atoms with Gasteiger partial charge in [0.1, 0.15) is 24.0 Å². The first kappa shape index (κ1) is 19.6. The molecule has 6 nitrogen and oxygen atoms in total. The number of amides is 1. The smallest absolute Gasteiger partial charge is 0.411 e. The molecule has 0 aromatic heterocycles. The number of rotatable bonds is 4. The molecule has 1 aromatic carbocycles. The summed E-state index contributed by atoms with van der Waals surface area (Å²) in [6, 6.07) is 4.89. The van der Waals surface area contributed by atoms with E-state index in [1.54, 1.807) is 33.9 Å². The summed E-state index contributed by atoms with van der Waals surface area (Å²) >= 11 is 3.40. The Morgan fingerprint density at radius 2 is 2.04 bits per heavy atom. The SMILES string of the molecule is COc1ccc(COC(=O)[C@@H]2CCCN2C(=O)OC(C)(C)C)cc1Br. The van der Waals surface area contributed by atoms with Gasteiger partial charge in [-0.05, 0) is 67.2 Å². The first-order chi connectivity index (χ1) is 11.7. The lowest BCUT2D eigenvalue weighted by Crippen LogP contribution is -2.44. The van der Waals surface area contributed by atoms with Gasteiger partial charge in [-0.25, -0.2) is 9.59 Å². The van der Waals surface area contributed by atoms with Gasteiger partial charge in [0.15, 0.2) is 0 Å². The number of hydrogen-bond acceptors (Lipinski definition) is 5. The monoisotopic (exact) mass is 413 g/mol. The zero-order valence-electron chi connectivity index (χ0n) is 15.0. The van der Waals surface area contributed by atoms with Crippen molar-refractivity contribution in [3.8, 4) is 5.75 Å². The second-order valence-electron chi connectivity index (χ2n) is 6.91. The molecule has 138 valence electrons. The highest BCUT2D eigenvalue weighted by molar-refractivity contribution is 9.10. The van der Waals surface area contributed by atoms with Crippen LogP contribution in [0.15, 0.2) is 22.7 Å². The number of esters is 1. The Kier molecular flexibility index (Phi) is 6.32. The molecule has 1 aromatic rings. The van der Waals surface area contributed by atoms with Crippen LogP contribution in [0.25, 0.3) is 0 Å². The molecule has 0 aliphatic carbocycles. The van der Waals surface area contributed by atoms with E-state index in [1.807, 2.05) is 12.1 Å². The van der Waals surface area contributed by atoms with Crippen LogP contribution < -0.4 is 4.74 Å². The van der Waals surface area contributed by atoms with Crippen LogP contribution in [0.3, 0.4) is 0 Å². The Labute approximate surface area is 156 Å². The van der Waals surface area contributed by atoms with Gasteiger partial charge in [0.05, 0.1) is 11.6 Å². The number of ether oxygens (including phenoxy) is 3. The fraction of sp³-hybridized carbons (Fsp3) is 0.556. The number of carbonyl (C=O) groups excluding carboxylic acids is 2. The largest absolute Gasteiger partial charge is 0.496 e. The summed E-state index contributed by atoms with van der Waals surface area (Å²) in [5.41, 5.74) is 0.242. The average molecular weight is 414 g/mol. The van der Waals surface area contributed by atoms with E-state index >= 15 is 0 Å². The lowest BCUT2D eigenvalue weighted by atomic mass is 10.2. The first-order valence-electron chi connectivity index (χ1n) is 8.20. The highest BCUT2D eigenvalue weighted by Gasteiger charge is 2.37. The number of benzene rings is 1.